The van der Waals surface area contributed by atoms with Crippen molar-refractivity contribution in [1.82, 2.24) is 0 Å². The molecule has 0 atom stereocenters. The van der Waals surface area contributed by atoms with Gasteiger partial charge in [0.25, 0.3) is 0 Å². The minimum atomic E-state index is -0.918. The number of hydrogen-bond donors (Lipinski definition) is 2. The normalized spacial score (nSPS) is 15.0. The molecule has 4 heteroatoms. The van der Waals surface area contributed by atoms with Crippen molar-refractivity contribution in [3.8, 4) is 0 Å². The summed E-state index contributed by atoms with van der Waals surface area (Å²) in [6.45, 7) is 1.89. The van der Waals surface area contributed by atoms with Gasteiger partial charge >= 0.3 is 5.97 Å². The van der Waals surface area contributed by atoms with Gasteiger partial charge in [-0.15, -0.1) is 0 Å². The number of carbonyl (C=O) groups is 1. The fraction of sp³-hybridized carbons (Fsp3) is 0.150. The van der Waals surface area contributed by atoms with Gasteiger partial charge in [-0.05, 0) is 64.1 Å². The van der Waals surface area contributed by atoms with Crippen LogP contribution < -0.4 is 0 Å². The van der Waals surface area contributed by atoms with Crippen LogP contribution in [0.15, 0.2) is 48.0 Å². The molecule has 1 N–H and O–H groups in total. The average Bonchev–Trinajstić information content (AvgIpc) is 2.80. The molecule has 0 radical (unpaired) electrons. The van der Waals surface area contributed by atoms with Crippen LogP contribution in [-0.2, 0) is 10.5 Å². The molecule has 0 spiro atoms. The molecule has 0 fully saturated rings. The van der Waals surface area contributed by atoms with E-state index in [1.54, 1.807) is 6.07 Å². The highest BCUT2D eigenvalue weighted by Gasteiger charge is 2.25. The van der Waals surface area contributed by atoms with Crippen LogP contribution in [0.3, 0.4) is 0 Å². The first-order chi connectivity index (χ1) is 11.5. The molecule has 0 amide bonds. The summed E-state index contributed by atoms with van der Waals surface area (Å²) in [5.41, 5.74) is 6.21. The maximum atomic E-state index is 13.6. The number of rotatable bonds is 4. The fourth-order valence-corrected chi connectivity index (χ4v) is 3.23. The van der Waals surface area contributed by atoms with Gasteiger partial charge in [-0.3, -0.25) is 4.79 Å². The first-order valence-corrected chi connectivity index (χ1v) is 8.26. The number of fused-ring (bicyclic) bond motifs is 1. The Hall–Kier alpha value is -2.33. The molecular formula is C20H17FO2S. The number of carboxylic acid groups (broad SMARTS) is 1. The Morgan fingerprint density at radius 3 is 2.50 bits per heavy atom. The summed E-state index contributed by atoms with van der Waals surface area (Å²) in [5, 5.41) is 9.17. The fourth-order valence-electron chi connectivity index (χ4n) is 3.02. The SMILES string of the molecule is CC1=C(CC(=O)O)c2cc(F)ccc2/C1=C\c1ccc(CS)cc1. The number of thiol groups is 1. The molecule has 0 unspecified atom stereocenters. The summed E-state index contributed by atoms with van der Waals surface area (Å²) < 4.78 is 13.6. The van der Waals surface area contributed by atoms with Crippen LogP contribution in [-0.4, -0.2) is 11.1 Å². The lowest BCUT2D eigenvalue weighted by molar-refractivity contribution is -0.135. The maximum Gasteiger partial charge on any atom is 0.307 e. The van der Waals surface area contributed by atoms with E-state index in [4.69, 9.17) is 5.11 Å². The zero-order valence-corrected chi connectivity index (χ0v) is 14.1. The number of hydrogen-bond acceptors (Lipinski definition) is 2. The van der Waals surface area contributed by atoms with Crippen LogP contribution in [0.4, 0.5) is 4.39 Å². The lowest BCUT2D eigenvalue weighted by Crippen LogP contribution is -1.97. The minimum absolute atomic E-state index is 0.113. The first kappa shape index (κ1) is 16.5. The third-order valence-corrected chi connectivity index (χ3v) is 4.62. The lowest BCUT2D eigenvalue weighted by Gasteiger charge is -2.05. The molecule has 0 bridgehead atoms. The highest BCUT2D eigenvalue weighted by atomic mass is 32.1. The van der Waals surface area contributed by atoms with E-state index in [9.17, 15) is 9.18 Å². The summed E-state index contributed by atoms with van der Waals surface area (Å²) in [6, 6.07) is 12.6. The molecule has 2 aromatic rings. The van der Waals surface area contributed by atoms with Crippen LogP contribution >= 0.6 is 12.6 Å². The second-order valence-corrected chi connectivity index (χ2v) is 6.14. The first-order valence-electron chi connectivity index (χ1n) is 7.63. The molecule has 2 aromatic carbocycles. The zero-order valence-electron chi connectivity index (χ0n) is 13.2. The second-order valence-electron chi connectivity index (χ2n) is 5.82. The number of carboxylic acids is 1. The van der Waals surface area contributed by atoms with E-state index in [1.807, 2.05) is 37.3 Å². The van der Waals surface area contributed by atoms with Gasteiger partial charge in [0.1, 0.15) is 5.82 Å². The third-order valence-electron chi connectivity index (χ3n) is 4.25. The quantitative estimate of drug-likeness (QED) is 0.764. The van der Waals surface area contributed by atoms with Crippen molar-refractivity contribution in [2.45, 2.75) is 19.1 Å². The van der Waals surface area contributed by atoms with Gasteiger partial charge in [0.15, 0.2) is 0 Å². The van der Waals surface area contributed by atoms with Crippen molar-refractivity contribution in [3.63, 3.8) is 0 Å². The van der Waals surface area contributed by atoms with Gasteiger partial charge < -0.3 is 5.11 Å². The van der Waals surface area contributed by atoms with Gasteiger partial charge in [0.2, 0.25) is 0 Å². The predicted molar refractivity (Wildman–Crippen MR) is 98.2 cm³/mol. The summed E-state index contributed by atoms with van der Waals surface area (Å²) in [4.78, 5) is 11.2. The van der Waals surface area contributed by atoms with Crippen LogP contribution in [0.2, 0.25) is 0 Å². The van der Waals surface area contributed by atoms with E-state index >= 15 is 0 Å². The zero-order chi connectivity index (χ0) is 17.3. The Morgan fingerprint density at radius 1 is 1.17 bits per heavy atom. The molecule has 0 heterocycles. The molecule has 3 rings (SSSR count). The van der Waals surface area contributed by atoms with E-state index in [-0.39, 0.29) is 12.2 Å². The van der Waals surface area contributed by atoms with Gasteiger partial charge in [0.05, 0.1) is 6.42 Å². The van der Waals surface area contributed by atoms with Crippen LogP contribution in [0.1, 0.15) is 35.6 Å². The molecule has 0 aromatic heterocycles. The highest BCUT2D eigenvalue weighted by Crippen LogP contribution is 2.43. The standard InChI is InChI=1S/C20H17FO2S/c1-12-17(8-13-2-4-14(11-24)5-3-13)16-7-6-15(21)9-19(16)18(12)10-20(22)23/h2-9,24H,10-11H2,1H3,(H,22,23)/b17-8-. The highest BCUT2D eigenvalue weighted by molar-refractivity contribution is 7.79. The number of aliphatic carboxylic acids is 1. The Balaban J connectivity index is 2.11. The second kappa shape index (κ2) is 6.65. The van der Waals surface area contributed by atoms with Gasteiger partial charge in [0, 0.05) is 5.75 Å². The van der Waals surface area contributed by atoms with E-state index in [0.717, 1.165) is 27.8 Å². The molecular weight excluding hydrogens is 323 g/mol. The molecule has 0 aliphatic heterocycles. The monoisotopic (exact) mass is 340 g/mol. The smallest absolute Gasteiger partial charge is 0.307 e. The van der Waals surface area contributed by atoms with Crippen molar-refractivity contribution >= 4 is 35.8 Å². The maximum absolute atomic E-state index is 13.6. The van der Waals surface area contributed by atoms with Gasteiger partial charge in [-0.2, -0.15) is 12.6 Å². The lowest BCUT2D eigenvalue weighted by atomic mass is 10.00. The van der Waals surface area contributed by atoms with Crippen LogP contribution in [0, 0.1) is 5.82 Å². The van der Waals surface area contributed by atoms with Crippen molar-refractivity contribution in [1.29, 1.82) is 0 Å². The van der Waals surface area contributed by atoms with E-state index in [1.165, 1.54) is 12.1 Å². The summed E-state index contributed by atoms with van der Waals surface area (Å²) in [5.74, 6) is -0.594. The molecule has 1 aliphatic rings. The van der Waals surface area contributed by atoms with Gasteiger partial charge in [-0.1, -0.05) is 30.3 Å². The van der Waals surface area contributed by atoms with E-state index in [0.29, 0.717) is 16.9 Å². The Kier molecular flexibility index (Phi) is 4.58. The van der Waals surface area contributed by atoms with Crippen LogP contribution in [0.5, 0.6) is 0 Å². The van der Waals surface area contributed by atoms with Crippen LogP contribution in [0.25, 0.3) is 17.2 Å². The topological polar surface area (TPSA) is 37.3 Å². The molecule has 122 valence electrons. The molecule has 0 saturated heterocycles. The molecule has 1 aliphatic carbocycles. The summed E-state index contributed by atoms with van der Waals surface area (Å²) >= 11 is 4.25. The van der Waals surface area contributed by atoms with Crippen molar-refractivity contribution in [3.05, 3.63) is 76.1 Å². The molecule has 24 heavy (non-hydrogen) atoms. The Bertz CT molecular complexity index is 864. The van der Waals surface area contributed by atoms with Crippen molar-refractivity contribution in [2.24, 2.45) is 0 Å². The number of allylic oxidation sites excluding steroid dienone is 2. The Labute approximate surface area is 145 Å². The summed E-state index contributed by atoms with van der Waals surface area (Å²) in [7, 11) is 0. The van der Waals surface area contributed by atoms with Gasteiger partial charge in [-0.25, -0.2) is 4.39 Å². The van der Waals surface area contributed by atoms with E-state index < -0.39 is 5.97 Å². The minimum Gasteiger partial charge on any atom is -0.481 e. The van der Waals surface area contributed by atoms with Crippen molar-refractivity contribution < 1.29 is 14.3 Å². The van der Waals surface area contributed by atoms with Crippen molar-refractivity contribution in [2.75, 3.05) is 0 Å². The van der Waals surface area contributed by atoms with E-state index in [2.05, 4.69) is 12.6 Å². The Morgan fingerprint density at radius 2 is 1.88 bits per heavy atom. The predicted octanol–water partition coefficient (Wildman–Crippen LogP) is 5.06. The molecule has 0 saturated carbocycles. The number of halogens is 1. The largest absolute Gasteiger partial charge is 0.481 e. The molecule has 2 nitrogen and oxygen atoms in total. The summed E-state index contributed by atoms with van der Waals surface area (Å²) in [6.07, 6.45) is 1.90. The third kappa shape index (κ3) is 3.15. The average molecular weight is 340 g/mol. The number of benzene rings is 2.